The van der Waals surface area contributed by atoms with Gasteiger partial charge in [-0.15, -0.1) is 11.3 Å². The van der Waals surface area contributed by atoms with Crippen molar-refractivity contribution in [3.05, 3.63) is 10.4 Å². The summed E-state index contributed by atoms with van der Waals surface area (Å²) in [4.78, 5) is 25.7. The molecule has 0 aliphatic heterocycles. The predicted molar refractivity (Wildman–Crippen MR) is 73.6 cm³/mol. The van der Waals surface area contributed by atoms with Gasteiger partial charge < -0.3 is 15.4 Å². The van der Waals surface area contributed by atoms with Gasteiger partial charge in [-0.3, -0.25) is 4.79 Å². The molecule has 0 aromatic carbocycles. The second-order valence-electron chi connectivity index (χ2n) is 3.82. The van der Waals surface area contributed by atoms with Gasteiger partial charge in [0.2, 0.25) is 0 Å². The SMILES string of the molecule is CCOC(=O)c1c(N(C)CC)sc(C(C)=O)c1N. The number of ketones is 1. The van der Waals surface area contributed by atoms with E-state index in [-0.39, 0.29) is 18.1 Å². The van der Waals surface area contributed by atoms with Crippen LogP contribution in [0.3, 0.4) is 0 Å². The summed E-state index contributed by atoms with van der Waals surface area (Å²) in [5.41, 5.74) is 6.42. The second kappa shape index (κ2) is 5.86. The van der Waals surface area contributed by atoms with Crippen LogP contribution in [-0.4, -0.2) is 32.0 Å². The fourth-order valence-corrected chi connectivity index (χ4v) is 2.64. The van der Waals surface area contributed by atoms with Crippen LogP contribution in [0.15, 0.2) is 0 Å². The number of carbonyl (C=O) groups excluding carboxylic acids is 2. The van der Waals surface area contributed by atoms with E-state index < -0.39 is 5.97 Å². The second-order valence-corrected chi connectivity index (χ2v) is 4.81. The van der Waals surface area contributed by atoms with Gasteiger partial charge >= 0.3 is 5.97 Å². The minimum atomic E-state index is -0.478. The fourth-order valence-electron chi connectivity index (χ4n) is 1.51. The summed E-state index contributed by atoms with van der Waals surface area (Å²) in [6.45, 7) is 6.11. The molecule has 1 heterocycles. The van der Waals surface area contributed by atoms with Crippen LogP contribution >= 0.6 is 11.3 Å². The van der Waals surface area contributed by atoms with Gasteiger partial charge in [0.1, 0.15) is 10.6 Å². The van der Waals surface area contributed by atoms with Crippen LogP contribution in [0.4, 0.5) is 10.7 Å². The number of hydrogen-bond acceptors (Lipinski definition) is 6. The van der Waals surface area contributed by atoms with Crippen molar-refractivity contribution in [1.82, 2.24) is 0 Å². The Morgan fingerprint density at radius 2 is 2.00 bits per heavy atom. The monoisotopic (exact) mass is 270 g/mol. The third-order valence-electron chi connectivity index (χ3n) is 2.55. The number of nitrogen functional groups attached to an aromatic ring is 1. The van der Waals surface area contributed by atoms with Crippen LogP contribution in [0.5, 0.6) is 0 Å². The highest BCUT2D eigenvalue weighted by Crippen LogP contribution is 2.38. The predicted octanol–water partition coefficient (Wildman–Crippen LogP) is 2.17. The van der Waals surface area contributed by atoms with Crippen molar-refractivity contribution in [3.63, 3.8) is 0 Å². The third kappa shape index (κ3) is 2.64. The zero-order valence-corrected chi connectivity index (χ0v) is 11.9. The standard InChI is InChI=1S/C12H18N2O3S/c1-5-14(4)11-8(12(16)17-6-2)9(13)10(18-11)7(3)15/h5-6,13H2,1-4H3. The highest BCUT2D eigenvalue weighted by molar-refractivity contribution is 7.19. The number of carbonyl (C=O) groups is 2. The molecule has 0 saturated carbocycles. The van der Waals surface area contributed by atoms with E-state index in [0.717, 1.165) is 0 Å². The van der Waals surface area contributed by atoms with E-state index in [9.17, 15) is 9.59 Å². The zero-order chi connectivity index (χ0) is 13.9. The van der Waals surface area contributed by atoms with Gasteiger partial charge in [0, 0.05) is 20.5 Å². The summed E-state index contributed by atoms with van der Waals surface area (Å²) < 4.78 is 4.99. The Hall–Kier alpha value is -1.56. The molecule has 6 heteroatoms. The Labute approximate surface area is 111 Å². The molecule has 0 spiro atoms. The van der Waals surface area contributed by atoms with Crippen LogP contribution in [0.2, 0.25) is 0 Å². The number of nitrogens with two attached hydrogens (primary N) is 1. The Balaban J connectivity index is 3.35. The molecule has 1 rings (SSSR count). The first-order valence-corrected chi connectivity index (χ1v) is 6.57. The highest BCUT2D eigenvalue weighted by Gasteiger charge is 2.26. The summed E-state index contributed by atoms with van der Waals surface area (Å²) in [7, 11) is 1.85. The summed E-state index contributed by atoms with van der Waals surface area (Å²) in [6, 6.07) is 0. The van der Waals surface area contributed by atoms with Crippen LogP contribution in [-0.2, 0) is 4.74 Å². The summed E-state index contributed by atoms with van der Waals surface area (Å²) in [5, 5.41) is 0.679. The van der Waals surface area contributed by atoms with Gasteiger partial charge in [-0.1, -0.05) is 0 Å². The normalized spacial score (nSPS) is 10.2. The fraction of sp³-hybridized carbons (Fsp3) is 0.500. The van der Waals surface area contributed by atoms with Crippen molar-refractivity contribution in [1.29, 1.82) is 0 Å². The van der Waals surface area contributed by atoms with E-state index in [4.69, 9.17) is 10.5 Å². The first-order valence-electron chi connectivity index (χ1n) is 5.75. The van der Waals surface area contributed by atoms with Crippen molar-refractivity contribution in [2.24, 2.45) is 0 Å². The van der Waals surface area contributed by atoms with Crippen LogP contribution in [0.25, 0.3) is 0 Å². The van der Waals surface area contributed by atoms with Crippen molar-refractivity contribution in [2.45, 2.75) is 20.8 Å². The highest BCUT2D eigenvalue weighted by atomic mass is 32.1. The number of ether oxygens (including phenoxy) is 1. The van der Waals surface area contributed by atoms with Gasteiger partial charge in [-0.2, -0.15) is 0 Å². The smallest absolute Gasteiger partial charge is 0.343 e. The Kier molecular flexibility index (Phi) is 4.72. The van der Waals surface area contributed by atoms with E-state index in [0.29, 0.717) is 22.0 Å². The lowest BCUT2D eigenvalue weighted by molar-refractivity contribution is 0.0529. The number of rotatable bonds is 5. The molecule has 0 saturated heterocycles. The number of nitrogens with zero attached hydrogens (tertiary/aromatic N) is 1. The van der Waals surface area contributed by atoms with Crippen molar-refractivity contribution in [2.75, 3.05) is 30.8 Å². The first kappa shape index (κ1) is 14.5. The van der Waals surface area contributed by atoms with Crippen LogP contribution in [0.1, 0.15) is 40.8 Å². The molecule has 0 aliphatic rings. The minimum Gasteiger partial charge on any atom is -0.462 e. The maximum absolute atomic E-state index is 11.9. The van der Waals surface area contributed by atoms with Crippen molar-refractivity contribution < 1.29 is 14.3 Å². The molecule has 0 amide bonds. The zero-order valence-electron chi connectivity index (χ0n) is 11.1. The van der Waals surface area contributed by atoms with E-state index in [1.807, 2.05) is 18.9 Å². The molecular formula is C12H18N2O3S. The average Bonchev–Trinajstić information content (AvgIpc) is 2.66. The number of anilines is 2. The van der Waals surface area contributed by atoms with Crippen molar-refractivity contribution >= 4 is 33.8 Å². The Morgan fingerprint density at radius 3 is 2.44 bits per heavy atom. The van der Waals surface area contributed by atoms with Gasteiger partial charge in [-0.25, -0.2) is 4.79 Å². The molecule has 0 atom stereocenters. The maximum atomic E-state index is 11.9. The molecule has 2 N–H and O–H groups in total. The molecule has 1 aromatic heterocycles. The average molecular weight is 270 g/mol. The summed E-state index contributed by atoms with van der Waals surface area (Å²) >= 11 is 1.23. The topological polar surface area (TPSA) is 72.6 Å². The number of hydrogen-bond donors (Lipinski definition) is 1. The molecule has 0 fully saturated rings. The van der Waals surface area contributed by atoms with E-state index >= 15 is 0 Å². The number of Topliss-reactive ketones (excluding diaryl/α,β-unsaturated/α-hetero) is 1. The van der Waals surface area contributed by atoms with E-state index in [1.165, 1.54) is 18.3 Å². The quantitative estimate of drug-likeness (QED) is 0.655. The lowest BCUT2D eigenvalue weighted by atomic mass is 10.2. The number of esters is 1. The molecular weight excluding hydrogens is 252 g/mol. The van der Waals surface area contributed by atoms with Gasteiger partial charge in [0.15, 0.2) is 5.78 Å². The molecule has 0 radical (unpaired) electrons. The molecule has 1 aromatic rings. The lowest BCUT2D eigenvalue weighted by Gasteiger charge is -2.16. The van der Waals surface area contributed by atoms with Gasteiger partial charge in [-0.05, 0) is 13.8 Å². The first-order chi connectivity index (χ1) is 8.43. The van der Waals surface area contributed by atoms with Gasteiger partial charge in [0.25, 0.3) is 0 Å². The maximum Gasteiger partial charge on any atom is 0.343 e. The van der Waals surface area contributed by atoms with Crippen LogP contribution < -0.4 is 10.6 Å². The molecule has 0 aliphatic carbocycles. The number of thiophene rings is 1. The molecule has 0 unspecified atom stereocenters. The third-order valence-corrected chi connectivity index (χ3v) is 3.97. The Bertz CT molecular complexity index is 468. The molecule has 0 bridgehead atoms. The Morgan fingerprint density at radius 1 is 1.39 bits per heavy atom. The molecule has 18 heavy (non-hydrogen) atoms. The summed E-state index contributed by atoms with van der Waals surface area (Å²) in [6.07, 6.45) is 0. The van der Waals surface area contributed by atoms with Gasteiger partial charge in [0.05, 0.1) is 17.2 Å². The largest absolute Gasteiger partial charge is 0.462 e. The van der Waals surface area contributed by atoms with Crippen LogP contribution in [0, 0.1) is 0 Å². The molecule has 100 valence electrons. The summed E-state index contributed by atoms with van der Waals surface area (Å²) in [5.74, 6) is -0.618. The van der Waals surface area contributed by atoms with E-state index in [1.54, 1.807) is 6.92 Å². The lowest BCUT2D eigenvalue weighted by Crippen LogP contribution is -2.18. The molecule has 5 nitrogen and oxygen atoms in total. The van der Waals surface area contributed by atoms with Crippen molar-refractivity contribution in [3.8, 4) is 0 Å². The van der Waals surface area contributed by atoms with E-state index in [2.05, 4.69) is 0 Å². The minimum absolute atomic E-state index is 0.140.